The monoisotopic (exact) mass is 313 g/mol. The summed E-state index contributed by atoms with van der Waals surface area (Å²) in [7, 11) is 0. The van der Waals surface area contributed by atoms with Crippen molar-refractivity contribution in [3.8, 4) is 0 Å². The zero-order chi connectivity index (χ0) is 12.5. The molecule has 18 heavy (non-hydrogen) atoms. The molecular formula is C11H16BrN5O. The molecule has 2 heterocycles. The number of hydrogen-bond donors (Lipinski definition) is 2. The van der Waals surface area contributed by atoms with E-state index in [1.54, 1.807) is 6.20 Å². The summed E-state index contributed by atoms with van der Waals surface area (Å²) in [5.74, 6) is 6.71. The third-order valence-corrected chi connectivity index (χ3v) is 4.17. The molecule has 2 aliphatic rings. The molecule has 7 heteroatoms. The van der Waals surface area contributed by atoms with Crippen LogP contribution in [0.15, 0.2) is 10.7 Å². The number of morpholine rings is 1. The molecule has 98 valence electrons. The molecule has 2 fully saturated rings. The van der Waals surface area contributed by atoms with Gasteiger partial charge in [0.15, 0.2) is 0 Å². The van der Waals surface area contributed by atoms with Crippen molar-refractivity contribution in [1.29, 1.82) is 0 Å². The molecule has 1 saturated carbocycles. The van der Waals surface area contributed by atoms with E-state index in [2.05, 4.69) is 36.2 Å². The minimum absolute atomic E-state index is 0.343. The van der Waals surface area contributed by atoms with Crippen molar-refractivity contribution >= 4 is 27.7 Å². The number of anilines is 2. The normalized spacial score (nSPS) is 27.1. The van der Waals surface area contributed by atoms with Gasteiger partial charge in [0.05, 0.1) is 23.2 Å². The number of ether oxygens (including phenoxy) is 1. The van der Waals surface area contributed by atoms with Crippen molar-refractivity contribution < 1.29 is 4.74 Å². The summed E-state index contributed by atoms with van der Waals surface area (Å²) in [5.41, 5.74) is 2.49. The fourth-order valence-corrected chi connectivity index (χ4v) is 3.24. The zero-order valence-corrected chi connectivity index (χ0v) is 11.6. The van der Waals surface area contributed by atoms with Crippen molar-refractivity contribution in [3.63, 3.8) is 0 Å². The van der Waals surface area contributed by atoms with Gasteiger partial charge in [-0.1, -0.05) is 0 Å². The average Bonchev–Trinajstić information content (AvgIpc) is 2.87. The van der Waals surface area contributed by atoms with Crippen LogP contribution in [0.3, 0.4) is 0 Å². The van der Waals surface area contributed by atoms with Crippen molar-refractivity contribution in [3.05, 3.63) is 10.7 Å². The predicted octanol–water partition coefficient (Wildman–Crippen LogP) is 1.28. The number of hydrazine groups is 1. The quantitative estimate of drug-likeness (QED) is 0.633. The third kappa shape index (κ3) is 2.06. The minimum Gasteiger partial charge on any atom is -0.374 e. The molecule has 1 saturated heterocycles. The molecule has 1 aromatic heterocycles. The van der Waals surface area contributed by atoms with E-state index in [4.69, 9.17) is 10.6 Å². The third-order valence-electron chi connectivity index (χ3n) is 3.61. The maximum Gasteiger partial charge on any atom is 0.239 e. The summed E-state index contributed by atoms with van der Waals surface area (Å²) in [6, 6.07) is 0.426. The summed E-state index contributed by atoms with van der Waals surface area (Å²) in [4.78, 5) is 10.9. The number of nitrogens with two attached hydrogens (primary N) is 1. The SMILES string of the molecule is NNc1ncc(Br)c(N2CCOC3CCCC32)n1. The first kappa shape index (κ1) is 12.1. The molecule has 3 rings (SSSR count). The lowest BCUT2D eigenvalue weighted by Crippen LogP contribution is -2.49. The van der Waals surface area contributed by atoms with Gasteiger partial charge in [-0.25, -0.2) is 10.8 Å². The van der Waals surface area contributed by atoms with Crippen LogP contribution in [0.2, 0.25) is 0 Å². The van der Waals surface area contributed by atoms with Gasteiger partial charge in [-0.3, -0.25) is 5.43 Å². The summed E-state index contributed by atoms with van der Waals surface area (Å²) >= 11 is 3.52. The van der Waals surface area contributed by atoms with E-state index in [9.17, 15) is 0 Å². The Balaban J connectivity index is 1.93. The van der Waals surface area contributed by atoms with Crippen LogP contribution in [-0.4, -0.2) is 35.3 Å². The van der Waals surface area contributed by atoms with Crippen LogP contribution in [0.5, 0.6) is 0 Å². The van der Waals surface area contributed by atoms with E-state index in [1.165, 1.54) is 6.42 Å². The number of nitrogens with zero attached hydrogens (tertiary/aromatic N) is 3. The fraction of sp³-hybridized carbons (Fsp3) is 0.636. The average molecular weight is 314 g/mol. The first-order valence-corrected chi connectivity index (χ1v) is 6.96. The van der Waals surface area contributed by atoms with Crippen molar-refractivity contribution in [2.24, 2.45) is 5.84 Å². The highest BCUT2D eigenvalue weighted by Crippen LogP contribution is 2.35. The van der Waals surface area contributed by atoms with E-state index in [0.29, 0.717) is 18.1 Å². The van der Waals surface area contributed by atoms with Crippen molar-refractivity contribution in [2.45, 2.75) is 31.4 Å². The molecule has 0 radical (unpaired) electrons. The summed E-state index contributed by atoms with van der Waals surface area (Å²) < 4.78 is 6.71. The lowest BCUT2D eigenvalue weighted by Gasteiger charge is -2.38. The van der Waals surface area contributed by atoms with Crippen molar-refractivity contribution in [1.82, 2.24) is 9.97 Å². The van der Waals surface area contributed by atoms with Crippen LogP contribution in [0.4, 0.5) is 11.8 Å². The molecule has 3 N–H and O–H groups in total. The molecular weight excluding hydrogens is 298 g/mol. The number of rotatable bonds is 2. The lowest BCUT2D eigenvalue weighted by atomic mass is 10.1. The summed E-state index contributed by atoms with van der Waals surface area (Å²) in [6.07, 6.45) is 5.60. The highest BCUT2D eigenvalue weighted by molar-refractivity contribution is 9.10. The molecule has 2 atom stereocenters. The van der Waals surface area contributed by atoms with Gasteiger partial charge in [0.1, 0.15) is 5.82 Å². The van der Waals surface area contributed by atoms with Crippen LogP contribution in [0, 0.1) is 0 Å². The first-order valence-electron chi connectivity index (χ1n) is 6.17. The van der Waals surface area contributed by atoms with E-state index >= 15 is 0 Å². The number of fused-ring (bicyclic) bond motifs is 1. The molecule has 1 aromatic rings. The van der Waals surface area contributed by atoms with Gasteiger partial charge in [-0.2, -0.15) is 4.98 Å². The Labute approximate surface area is 114 Å². The molecule has 0 aromatic carbocycles. The van der Waals surface area contributed by atoms with Crippen LogP contribution < -0.4 is 16.2 Å². The molecule has 0 spiro atoms. The Morgan fingerprint density at radius 2 is 2.39 bits per heavy atom. The second-order valence-corrected chi connectivity index (χ2v) is 5.46. The highest BCUT2D eigenvalue weighted by atomic mass is 79.9. The standard InChI is InChI=1S/C11H16BrN5O/c12-7-6-14-11(16-13)15-10(7)17-4-5-18-9-3-1-2-8(9)17/h6,8-9H,1-5,13H2,(H,14,15,16). The fourth-order valence-electron chi connectivity index (χ4n) is 2.82. The lowest BCUT2D eigenvalue weighted by molar-refractivity contribution is 0.0252. The number of halogens is 1. The van der Waals surface area contributed by atoms with E-state index in [1.807, 2.05) is 0 Å². The molecule has 0 amide bonds. The molecule has 1 aliphatic heterocycles. The van der Waals surface area contributed by atoms with Crippen LogP contribution in [0.1, 0.15) is 19.3 Å². The minimum atomic E-state index is 0.343. The molecule has 1 aliphatic carbocycles. The molecule has 6 nitrogen and oxygen atoms in total. The Morgan fingerprint density at radius 3 is 3.22 bits per heavy atom. The van der Waals surface area contributed by atoms with Gasteiger partial charge in [-0.05, 0) is 35.2 Å². The number of aromatic nitrogens is 2. The second kappa shape index (κ2) is 4.99. The van der Waals surface area contributed by atoms with E-state index < -0.39 is 0 Å². The van der Waals surface area contributed by atoms with Crippen LogP contribution >= 0.6 is 15.9 Å². The Morgan fingerprint density at radius 1 is 1.50 bits per heavy atom. The number of nitrogens with one attached hydrogen (secondary N) is 1. The summed E-state index contributed by atoms with van der Waals surface area (Å²) in [6.45, 7) is 1.61. The second-order valence-electron chi connectivity index (χ2n) is 4.61. The first-order chi connectivity index (χ1) is 8.79. The number of nitrogen functional groups attached to an aromatic ring is 1. The van der Waals surface area contributed by atoms with E-state index in [-0.39, 0.29) is 0 Å². The van der Waals surface area contributed by atoms with Crippen LogP contribution in [-0.2, 0) is 4.74 Å². The predicted molar refractivity (Wildman–Crippen MR) is 72.3 cm³/mol. The highest BCUT2D eigenvalue weighted by Gasteiger charge is 2.37. The van der Waals surface area contributed by atoms with Gasteiger partial charge in [-0.15, -0.1) is 0 Å². The summed E-state index contributed by atoms with van der Waals surface area (Å²) in [5, 5.41) is 0. The Bertz CT molecular complexity index is 443. The van der Waals surface area contributed by atoms with Gasteiger partial charge in [0.25, 0.3) is 0 Å². The topological polar surface area (TPSA) is 76.3 Å². The van der Waals surface area contributed by atoms with Crippen LogP contribution in [0.25, 0.3) is 0 Å². The van der Waals surface area contributed by atoms with Gasteiger partial charge in [0.2, 0.25) is 5.95 Å². The smallest absolute Gasteiger partial charge is 0.239 e. The van der Waals surface area contributed by atoms with Gasteiger partial charge < -0.3 is 9.64 Å². The van der Waals surface area contributed by atoms with Gasteiger partial charge in [0, 0.05) is 12.7 Å². The maximum atomic E-state index is 5.81. The largest absolute Gasteiger partial charge is 0.374 e. The maximum absolute atomic E-state index is 5.81. The Hall–Kier alpha value is -0.920. The van der Waals surface area contributed by atoms with Crippen molar-refractivity contribution in [2.75, 3.05) is 23.5 Å². The molecule has 0 bridgehead atoms. The number of hydrogen-bond acceptors (Lipinski definition) is 6. The van der Waals surface area contributed by atoms with E-state index in [0.717, 1.165) is 36.3 Å². The van der Waals surface area contributed by atoms with Gasteiger partial charge >= 0.3 is 0 Å². The Kier molecular flexibility index (Phi) is 3.36. The zero-order valence-electron chi connectivity index (χ0n) is 9.97. The molecule has 2 unspecified atom stereocenters.